The second kappa shape index (κ2) is 13.6. The Hall–Kier alpha value is -5.22. The lowest BCUT2D eigenvalue weighted by atomic mass is 9.33. The van der Waals surface area contributed by atoms with E-state index < -0.39 is 6.85 Å². The summed E-state index contributed by atoms with van der Waals surface area (Å²) in [5, 5.41) is 2.13. The Morgan fingerprint density at radius 1 is 0.471 bits per heavy atom. The Kier molecular flexibility index (Phi) is 8.10. The van der Waals surface area contributed by atoms with Gasteiger partial charge in [-0.25, -0.2) is 0 Å². The largest absolute Gasteiger partial charge is 0.456 e. The van der Waals surface area contributed by atoms with Crippen molar-refractivity contribution in [2.75, 3.05) is 9.80 Å². The van der Waals surface area contributed by atoms with Gasteiger partial charge in [0.2, 0.25) is 0 Å². The summed E-state index contributed by atoms with van der Waals surface area (Å²) in [5.41, 5.74) is 21.5. The number of rotatable bonds is 2. The summed E-state index contributed by atoms with van der Waals surface area (Å²) in [6.45, 7) is 33.2. The van der Waals surface area contributed by atoms with Crippen LogP contribution in [0.1, 0.15) is 185 Å². The molecule has 0 radical (unpaired) electrons. The van der Waals surface area contributed by atoms with Crippen LogP contribution in [-0.2, 0) is 37.9 Å². The van der Waals surface area contributed by atoms with E-state index in [9.17, 15) is 4.11 Å². The maximum absolute atomic E-state index is 9.22. The minimum Gasteiger partial charge on any atom is -0.456 e. The lowest BCUT2D eigenvalue weighted by Crippen LogP contribution is -2.62. The minimum absolute atomic E-state index is 0.0223. The van der Waals surface area contributed by atoms with Crippen LogP contribution in [0.3, 0.4) is 0 Å². The van der Waals surface area contributed by atoms with Crippen LogP contribution < -0.4 is 26.2 Å². The molecule has 12 rings (SSSR count). The Balaban J connectivity index is 1.22. The molecule has 2 aliphatic heterocycles. The Bertz CT molecular complexity index is 3460. The first kappa shape index (κ1) is 40.7. The molecule has 4 heteroatoms. The van der Waals surface area contributed by atoms with Crippen LogP contribution in [0.5, 0.6) is 0 Å². The second-order valence-electron chi connectivity index (χ2n) is 26.9. The molecule has 5 aliphatic rings. The average molecular weight is 900 g/mol. The third-order valence-corrected chi connectivity index (χ3v) is 18.2. The predicted octanol–water partition coefficient (Wildman–Crippen LogP) is 15.9. The van der Waals surface area contributed by atoms with E-state index in [2.05, 4.69) is 193 Å². The van der Waals surface area contributed by atoms with E-state index in [1.54, 1.807) is 0 Å². The van der Waals surface area contributed by atoms with Crippen molar-refractivity contribution in [3.63, 3.8) is 0 Å². The van der Waals surface area contributed by atoms with E-state index in [0.717, 1.165) is 93.6 Å². The smallest absolute Gasteiger partial charge is 0.252 e. The molecule has 0 saturated heterocycles. The molecule has 1 aromatic heterocycles. The molecule has 0 spiro atoms. The Labute approximate surface area is 412 Å². The highest BCUT2D eigenvalue weighted by atomic mass is 16.3. The number of nitrogens with zero attached hydrogens (tertiary/aromatic N) is 2. The maximum atomic E-state index is 9.22. The fraction of sp³-hybridized carbons (Fsp3) is 0.438. The Morgan fingerprint density at radius 2 is 0.956 bits per heavy atom. The first-order chi connectivity index (χ1) is 32.9. The van der Waals surface area contributed by atoms with Crippen molar-refractivity contribution in [1.29, 1.82) is 0 Å². The Morgan fingerprint density at radius 3 is 1.51 bits per heavy atom. The van der Waals surface area contributed by atoms with E-state index in [4.69, 9.17) is 4.42 Å². The van der Waals surface area contributed by atoms with Gasteiger partial charge in [-0.3, -0.25) is 0 Å². The van der Waals surface area contributed by atoms with Crippen LogP contribution in [0, 0.1) is 6.85 Å². The molecule has 0 unspecified atom stereocenters. The van der Waals surface area contributed by atoms with Crippen molar-refractivity contribution in [3.05, 3.63) is 136 Å². The van der Waals surface area contributed by atoms with Gasteiger partial charge in [-0.1, -0.05) is 134 Å². The molecule has 0 atom stereocenters. The third-order valence-electron chi connectivity index (χ3n) is 18.2. The average Bonchev–Trinajstić information content (AvgIpc) is 3.73. The van der Waals surface area contributed by atoms with E-state index in [-0.39, 0.29) is 44.6 Å². The fourth-order valence-electron chi connectivity index (χ4n) is 14.2. The number of anilines is 6. The lowest BCUT2D eigenvalue weighted by molar-refractivity contribution is 0.332. The quantitative estimate of drug-likeness (QED) is 0.161. The summed E-state index contributed by atoms with van der Waals surface area (Å²) in [6.07, 6.45) is 5.50. The molecular weight excluding hydrogens is 824 g/mol. The van der Waals surface area contributed by atoms with Crippen LogP contribution in [0.15, 0.2) is 95.4 Å². The van der Waals surface area contributed by atoms with Gasteiger partial charge in [0.15, 0.2) is 0 Å². The van der Waals surface area contributed by atoms with Gasteiger partial charge in [-0.05, 0) is 198 Å². The molecule has 6 aromatic carbocycles. The zero-order valence-electron chi connectivity index (χ0n) is 46.6. The number of benzene rings is 6. The number of fused-ring (bicyclic) bond motifs is 10. The van der Waals surface area contributed by atoms with Crippen molar-refractivity contribution < 1.29 is 8.53 Å². The van der Waals surface area contributed by atoms with Gasteiger partial charge in [-0.2, -0.15) is 0 Å². The number of aryl methyl sites for hydroxylation is 1. The molecule has 0 amide bonds. The van der Waals surface area contributed by atoms with Crippen LogP contribution in [0.4, 0.5) is 34.1 Å². The summed E-state index contributed by atoms with van der Waals surface area (Å²) >= 11 is 0. The van der Waals surface area contributed by atoms with Gasteiger partial charge in [0.05, 0.1) is 0 Å². The molecule has 7 aromatic rings. The maximum Gasteiger partial charge on any atom is 0.252 e. The zero-order valence-corrected chi connectivity index (χ0v) is 43.6. The van der Waals surface area contributed by atoms with Crippen molar-refractivity contribution in [2.45, 2.75) is 181 Å². The molecule has 3 aliphatic carbocycles. The molecule has 3 nitrogen and oxygen atoms in total. The van der Waals surface area contributed by atoms with Gasteiger partial charge in [-0.15, -0.1) is 0 Å². The second-order valence-corrected chi connectivity index (χ2v) is 26.9. The highest BCUT2D eigenvalue weighted by molar-refractivity contribution is 7.00. The molecule has 0 N–H and O–H groups in total. The van der Waals surface area contributed by atoms with Gasteiger partial charge in [0.25, 0.3) is 6.71 Å². The van der Waals surface area contributed by atoms with Gasteiger partial charge in [0, 0.05) is 49.0 Å². The van der Waals surface area contributed by atoms with E-state index in [1.165, 1.54) is 49.9 Å². The standard InChI is InChI=1S/C64H73BN2O/c1-37-27-53-57-54(28-37)67(40-18-21-43-44(31-40)60(7,8)24-23-59(43,5)6)51-34-47-45(61(9,10)25-26-62(47,11)12)32-49(51)65(57)50-33-46-48(64(15,16)36-63(46,13)14)35-52(50)66(53)39-19-22-55-42(30-39)41-20-17-38(58(2,3)4)29-56(41)68-55/h17-22,27-35H,23-26,36H2,1-16H3/i1D3. The molecule has 348 valence electrons. The zero-order chi connectivity index (χ0) is 50.7. The van der Waals surface area contributed by atoms with Crippen molar-refractivity contribution in [2.24, 2.45) is 0 Å². The van der Waals surface area contributed by atoms with Crippen molar-refractivity contribution >= 4 is 79.2 Å². The highest BCUT2D eigenvalue weighted by Gasteiger charge is 2.50. The van der Waals surface area contributed by atoms with Gasteiger partial charge < -0.3 is 14.2 Å². The minimum atomic E-state index is -2.37. The van der Waals surface area contributed by atoms with Gasteiger partial charge in [0.1, 0.15) is 11.2 Å². The third kappa shape index (κ3) is 6.16. The number of hydrogen-bond donors (Lipinski definition) is 0. The fourth-order valence-corrected chi connectivity index (χ4v) is 14.2. The number of furan rings is 1. The lowest BCUT2D eigenvalue weighted by Gasteiger charge is -2.48. The van der Waals surface area contributed by atoms with Crippen molar-refractivity contribution in [3.8, 4) is 0 Å². The molecule has 3 heterocycles. The summed E-state index contributed by atoms with van der Waals surface area (Å²) < 4.78 is 34.3. The number of hydrogen-bond acceptors (Lipinski definition) is 3. The predicted molar refractivity (Wildman–Crippen MR) is 292 cm³/mol. The summed E-state index contributed by atoms with van der Waals surface area (Å²) in [4.78, 5) is 4.91. The molecule has 0 bridgehead atoms. The van der Waals surface area contributed by atoms with Crippen LogP contribution in [0.2, 0.25) is 0 Å². The first-order valence-corrected chi connectivity index (χ1v) is 25.7. The van der Waals surface area contributed by atoms with Crippen molar-refractivity contribution in [1.82, 2.24) is 0 Å². The summed E-state index contributed by atoms with van der Waals surface area (Å²) in [5.74, 6) is 0. The summed E-state index contributed by atoms with van der Waals surface area (Å²) in [6, 6.07) is 34.8. The summed E-state index contributed by atoms with van der Waals surface area (Å²) in [7, 11) is 0. The van der Waals surface area contributed by atoms with E-state index in [1.807, 2.05) is 12.1 Å². The molecule has 68 heavy (non-hydrogen) atoms. The van der Waals surface area contributed by atoms with Crippen LogP contribution in [0.25, 0.3) is 21.9 Å². The highest BCUT2D eigenvalue weighted by Crippen LogP contribution is 2.55. The van der Waals surface area contributed by atoms with E-state index >= 15 is 0 Å². The monoisotopic (exact) mass is 900 g/mol. The van der Waals surface area contributed by atoms with Crippen LogP contribution >= 0.6 is 0 Å². The molecular formula is C64H73BN2O. The SMILES string of the molecule is [2H]C([2H])([2H])c1cc2c3c(c1)N(c1ccc4oc5cc(C(C)(C)C)ccc5c4c1)c1cc4c(cc1B3c1cc3c(cc1N2c1ccc2c(c1)C(C)(C)CCC2(C)C)C(C)(C)CCC3(C)C)C(C)(C)CC4(C)C. The molecule has 0 fully saturated rings. The topological polar surface area (TPSA) is 19.6 Å². The van der Waals surface area contributed by atoms with Gasteiger partial charge >= 0.3 is 0 Å². The van der Waals surface area contributed by atoms with Crippen LogP contribution in [-0.4, -0.2) is 6.71 Å². The normalized spacial score (nSPS) is 21.5. The molecule has 0 saturated carbocycles. The first-order valence-electron chi connectivity index (χ1n) is 27.2. The van der Waals surface area contributed by atoms with E-state index in [0.29, 0.717) is 5.56 Å².